The van der Waals surface area contributed by atoms with E-state index in [0.29, 0.717) is 35.9 Å². The summed E-state index contributed by atoms with van der Waals surface area (Å²) in [6.07, 6.45) is 0. The molecule has 0 saturated heterocycles. The Hall–Kier alpha value is -3.04. The van der Waals surface area contributed by atoms with E-state index in [4.69, 9.17) is 9.47 Å². The van der Waals surface area contributed by atoms with Crippen LogP contribution in [-0.4, -0.2) is 38.1 Å². The van der Waals surface area contributed by atoms with Gasteiger partial charge in [-0.25, -0.2) is 13.1 Å². The summed E-state index contributed by atoms with van der Waals surface area (Å²) in [6, 6.07) is 13.6. The first kappa shape index (κ1) is 21.7. The zero-order valence-electron chi connectivity index (χ0n) is 17.4. The van der Waals surface area contributed by atoms with E-state index in [0.717, 1.165) is 0 Å². The Morgan fingerprint density at radius 2 is 1.73 bits per heavy atom. The summed E-state index contributed by atoms with van der Waals surface area (Å²) in [5, 5.41) is 0. The fraction of sp³-hybridized carbons (Fsp3) is 0.286. The zero-order valence-corrected chi connectivity index (χ0v) is 18.2. The molecule has 0 amide bonds. The van der Waals surface area contributed by atoms with Crippen molar-refractivity contribution in [1.29, 1.82) is 0 Å². The second-order valence-electron chi connectivity index (χ2n) is 6.81. The van der Waals surface area contributed by atoms with Crippen molar-refractivity contribution in [3.8, 4) is 11.4 Å². The minimum Gasteiger partial charge on any atom is -0.491 e. The summed E-state index contributed by atoms with van der Waals surface area (Å²) >= 11 is 0. The summed E-state index contributed by atoms with van der Waals surface area (Å²) in [5.74, 6) is 0.577. The summed E-state index contributed by atoms with van der Waals surface area (Å²) < 4.78 is 41.9. The number of anilines is 1. The Morgan fingerprint density at radius 1 is 1.03 bits per heavy atom. The van der Waals surface area contributed by atoms with Crippen LogP contribution in [0.15, 0.2) is 58.2 Å². The lowest BCUT2D eigenvalue weighted by Gasteiger charge is -2.11. The first-order chi connectivity index (χ1) is 14.3. The van der Waals surface area contributed by atoms with Gasteiger partial charge in [-0.05, 0) is 49.7 Å². The van der Waals surface area contributed by atoms with Gasteiger partial charge >= 0.3 is 0 Å². The van der Waals surface area contributed by atoms with Gasteiger partial charge in [-0.2, -0.15) is 0 Å². The van der Waals surface area contributed by atoms with E-state index in [9.17, 15) is 13.2 Å². The van der Waals surface area contributed by atoms with E-state index < -0.39 is 15.6 Å². The number of rotatable bonds is 8. The molecule has 30 heavy (non-hydrogen) atoms. The van der Waals surface area contributed by atoms with E-state index in [1.807, 2.05) is 18.2 Å². The van der Waals surface area contributed by atoms with Gasteiger partial charge in [0.05, 0.1) is 22.9 Å². The summed E-state index contributed by atoms with van der Waals surface area (Å²) in [5.41, 5.74) is 1.39. The molecule has 8 nitrogen and oxygen atoms in total. The highest BCUT2D eigenvalue weighted by molar-refractivity contribution is 7.92. The molecule has 3 rings (SSSR count). The first-order valence-electron chi connectivity index (χ1n) is 9.35. The minimum absolute atomic E-state index is 0.0134. The third-order valence-electron chi connectivity index (χ3n) is 4.79. The molecular weight excluding hydrogens is 406 g/mol. The molecule has 3 aromatic rings. The van der Waals surface area contributed by atoms with Crippen molar-refractivity contribution in [3.05, 3.63) is 70.1 Å². The van der Waals surface area contributed by atoms with Crippen LogP contribution in [-0.2, 0) is 21.8 Å². The van der Waals surface area contributed by atoms with Crippen molar-refractivity contribution >= 4 is 15.7 Å². The van der Waals surface area contributed by atoms with Crippen LogP contribution in [0.2, 0.25) is 0 Å². The van der Waals surface area contributed by atoms with Crippen LogP contribution in [0.25, 0.3) is 5.69 Å². The molecule has 0 aliphatic heterocycles. The van der Waals surface area contributed by atoms with Crippen molar-refractivity contribution < 1.29 is 17.9 Å². The maximum absolute atomic E-state index is 13.0. The van der Waals surface area contributed by atoms with Crippen molar-refractivity contribution in [2.75, 3.05) is 25.0 Å². The Bertz CT molecular complexity index is 1200. The van der Waals surface area contributed by atoms with E-state index in [-0.39, 0.29) is 10.6 Å². The van der Waals surface area contributed by atoms with Gasteiger partial charge in [0.2, 0.25) is 0 Å². The highest BCUT2D eigenvalue weighted by atomic mass is 32.2. The fourth-order valence-electron chi connectivity index (χ4n) is 3.07. The topological polar surface area (TPSA) is 91.6 Å². The van der Waals surface area contributed by atoms with E-state index in [1.54, 1.807) is 50.9 Å². The second kappa shape index (κ2) is 8.76. The van der Waals surface area contributed by atoms with Crippen LogP contribution < -0.4 is 15.0 Å². The summed E-state index contributed by atoms with van der Waals surface area (Å²) in [7, 11) is -0.681. The molecule has 1 heterocycles. The Morgan fingerprint density at radius 3 is 2.37 bits per heavy atom. The third kappa shape index (κ3) is 4.27. The molecule has 0 unspecified atom stereocenters. The van der Waals surface area contributed by atoms with Crippen molar-refractivity contribution in [1.82, 2.24) is 9.36 Å². The largest absolute Gasteiger partial charge is 0.491 e. The number of ether oxygens (including phenoxy) is 2. The molecule has 0 spiro atoms. The number of para-hydroxylation sites is 1. The molecule has 0 aliphatic rings. The van der Waals surface area contributed by atoms with Crippen LogP contribution in [0.4, 0.5) is 5.69 Å². The number of aromatic nitrogens is 2. The van der Waals surface area contributed by atoms with E-state index >= 15 is 0 Å². The standard InChI is InChI=1S/C21H25N3O5S/c1-15-14-18(10-11-19(15)29-13-12-28-4)30(26,27)22-20-16(2)23(3)24(21(20)25)17-8-6-5-7-9-17/h5-11,14,22H,12-13H2,1-4H3. The molecule has 9 heteroatoms. The van der Waals surface area contributed by atoms with Crippen molar-refractivity contribution in [2.45, 2.75) is 18.7 Å². The molecular formula is C21H25N3O5S. The van der Waals surface area contributed by atoms with Gasteiger partial charge in [0, 0.05) is 14.2 Å². The number of nitrogens with zero attached hydrogens (tertiary/aromatic N) is 2. The maximum atomic E-state index is 13.0. The van der Waals surface area contributed by atoms with Gasteiger partial charge in [0.1, 0.15) is 18.0 Å². The van der Waals surface area contributed by atoms with E-state index in [1.165, 1.54) is 16.8 Å². The van der Waals surface area contributed by atoms with Crippen molar-refractivity contribution in [3.63, 3.8) is 0 Å². The molecule has 0 radical (unpaired) electrons. The fourth-order valence-corrected chi connectivity index (χ4v) is 4.27. The lowest BCUT2D eigenvalue weighted by atomic mass is 10.2. The zero-order chi connectivity index (χ0) is 21.9. The Labute approximate surface area is 175 Å². The molecule has 0 atom stereocenters. The van der Waals surface area contributed by atoms with Crippen LogP contribution in [0, 0.1) is 13.8 Å². The highest BCUT2D eigenvalue weighted by Gasteiger charge is 2.23. The first-order valence-corrected chi connectivity index (χ1v) is 10.8. The predicted molar refractivity (Wildman–Crippen MR) is 115 cm³/mol. The number of sulfonamides is 1. The Balaban J connectivity index is 1.93. The van der Waals surface area contributed by atoms with Gasteiger partial charge in [-0.15, -0.1) is 0 Å². The van der Waals surface area contributed by atoms with Gasteiger partial charge in [-0.3, -0.25) is 14.2 Å². The highest BCUT2D eigenvalue weighted by Crippen LogP contribution is 2.24. The monoisotopic (exact) mass is 431 g/mol. The molecule has 0 fully saturated rings. The quantitative estimate of drug-likeness (QED) is 0.554. The molecule has 160 valence electrons. The molecule has 1 N–H and O–H groups in total. The minimum atomic E-state index is -3.97. The number of nitrogens with one attached hydrogen (secondary N) is 1. The molecule has 1 aromatic heterocycles. The normalized spacial score (nSPS) is 11.5. The number of hydrogen-bond donors (Lipinski definition) is 1. The Kier molecular flexibility index (Phi) is 6.33. The number of benzene rings is 2. The summed E-state index contributed by atoms with van der Waals surface area (Å²) in [4.78, 5) is 13.0. The van der Waals surface area contributed by atoms with Gasteiger partial charge in [-0.1, -0.05) is 18.2 Å². The summed E-state index contributed by atoms with van der Waals surface area (Å²) in [6.45, 7) is 4.25. The van der Waals surface area contributed by atoms with Crippen LogP contribution in [0.1, 0.15) is 11.3 Å². The van der Waals surface area contributed by atoms with Crippen LogP contribution in [0.5, 0.6) is 5.75 Å². The molecule has 0 saturated carbocycles. The van der Waals surface area contributed by atoms with Crippen LogP contribution >= 0.6 is 0 Å². The third-order valence-corrected chi connectivity index (χ3v) is 6.14. The molecule has 2 aromatic carbocycles. The van der Waals surface area contributed by atoms with Gasteiger partial charge in [0.25, 0.3) is 15.6 Å². The second-order valence-corrected chi connectivity index (χ2v) is 8.49. The van der Waals surface area contributed by atoms with Gasteiger partial charge in [0.15, 0.2) is 0 Å². The maximum Gasteiger partial charge on any atom is 0.296 e. The number of methoxy groups -OCH3 is 1. The molecule has 0 bridgehead atoms. The smallest absolute Gasteiger partial charge is 0.296 e. The average molecular weight is 432 g/mol. The molecule has 0 aliphatic carbocycles. The predicted octanol–water partition coefficient (Wildman–Crippen LogP) is 2.62. The number of aryl methyl sites for hydroxylation is 1. The van der Waals surface area contributed by atoms with Crippen LogP contribution in [0.3, 0.4) is 0 Å². The average Bonchev–Trinajstić information content (AvgIpc) is 2.93. The lowest BCUT2D eigenvalue weighted by Crippen LogP contribution is -2.23. The van der Waals surface area contributed by atoms with Gasteiger partial charge < -0.3 is 9.47 Å². The lowest BCUT2D eigenvalue weighted by molar-refractivity contribution is 0.146. The van der Waals surface area contributed by atoms with Crippen molar-refractivity contribution in [2.24, 2.45) is 7.05 Å². The van der Waals surface area contributed by atoms with E-state index in [2.05, 4.69) is 4.72 Å². The SMILES string of the molecule is COCCOc1ccc(S(=O)(=O)Nc2c(C)n(C)n(-c3ccccc3)c2=O)cc1C. The number of hydrogen-bond acceptors (Lipinski definition) is 5.